The Morgan fingerprint density at radius 1 is 1.28 bits per heavy atom. The average molecular weight is 265 g/mol. The monoisotopic (exact) mass is 264 g/mol. The van der Waals surface area contributed by atoms with Gasteiger partial charge >= 0.3 is 0 Å². The number of benzene rings is 1. The summed E-state index contributed by atoms with van der Waals surface area (Å²) in [4.78, 5) is 0. The van der Waals surface area contributed by atoms with E-state index in [-0.39, 0.29) is 0 Å². The number of hydrogen-bond donors (Lipinski definition) is 1. The number of nitrogens with two attached hydrogens (primary N) is 1. The van der Waals surface area contributed by atoms with E-state index in [2.05, 4.69) is 17.2 Å². The SMILES string of the molecule is CCc1c(CCN)nnn1Cc1ccc(Cl)cc1. The minimum atomic E-state index is 0.604. The summed E-state index contributed by atoms with van der Waals surface area (Å²) < 4.78 is 1.94. The predicted molar refractivity (Wildman–Crippen MR) is 72.7 cm³/mol. The maximum Gasteiger partial charge on any atom is 0.0871 e. The van der Waals surface area contributed by atoms with Gasteiger partial charge in [-0.3, -0.25) is 0 Å². The summed E-state index contributed by atoms with van der Waals surface area (Å²) in [5, 5.41) is 9.15. The molecular formula is C13H17ClN4. The number of nitrogens with zero attached hydrogens (tertiary/aromatic N) is 3. The first kappa shape index (κ1) is 13.1. The second-order valence-corrected chi connectivity index (χ2v) is 4.60. The van der Waals surface area contributed by atoms with Crippen molar-refractivity contribution in [3.05, 3.63) is 46.2 Å². The standard InChI is InChI=1S/C13H17ClN4/c1-2-13-12(7-8-15)16-17-18(13)9-10-3-5-11(14)6-4-10/h3-6H,2,7-9,15H2,1H3. The summed E-state index contributed by atoms with van der Waals surface area (Å²) in [6, 6.07) is 7.79. The molecule has 0 aliphatic carbocycles. The summed E-state index contributed by atoms with van der Waals surface area (Å²) >= 11 is 5.87. The lowest BCUT2D eigenvalue weighted by Crippen LogP contribution is -2.09. The fourth-order valence-corrected chi connectivity index (χ4v) is 2.10. The van der Waals surface area contributed by atoms with E-state index in [1.807, 2.05) is 28.9 Å². The second kappa shape index (κ2) is 5.98. The largest absolute Gasteiger partial charge is 0.330 e. The Labute approximate surface area is 112 Å². The molecule has 0 aliphatic rings. The number of rotatable bonds is 5. The third-order valence-electron chi connectivity index (χ3n) is 2.88. The van der Waals surface area contributed by atoms with Gasteiger partial charge in [0.1, 0.15) is 0 Å². The van der Waals surface area contributed by atoms with E-state index in [0.717, 1.165) is 35.8 Å². The van der Waals surface area contributed by atoms with Crippen LogP contribution in [0.5, 0.6) is 0 Å². The number of hydrogen-bond acceptors (Lipinski definition) is 3. The molecule has 0 saturated carbocycles. The van der Waals surface area contributed by atoms with Crippen LogP contribution in [-0.2, 0) is 19.4 Å². The van der Waals surface area contributed by atoms with Crippen molar-refractivity contribution in [1.82, 2.24) is 15.0 Å². The summed E-state index contributed by atoms with van der Waals surface area (Å²) in [6.07, 6.45) is 1.69. The maximum absolute atomic E-state index is 5.87. The predicted octanol–water partition coefficient (Wildman–Crippen LogP) is 2.04. The summed E-state index contributed by atoms with van der Waals surface area (Å²) in [6.45, 7) is 3.43. The van der Waals surface area contributed by atoms with Gasteiger partial charge in [0.2, 0.25) is 0 Å². The Kier molecular flexibility index (Phi) is 4.33. The molecule has 0 amide bonds. The Balaban J connectivity index is 2.20. The second-order valence-electron chi connectivity index (χ2n) is 4.16. The van der Waals surface area contributed by atoms with Gasteiger partial charge in [0.25, 0.3) is 0 Å². The normalized spacial score (nSPS) is 10.8. The van der Waals surface area contributed by atoms with Crippen molar-refractivity contribution in [3.8, 4) is 0 Å². The molecule has 1 aromatic carbocycles. The van der Waals surface area contributed by atoms with E-state index in [0.29, 0.717) is 6.54 Å². The topological polar surface area (TPSA) is 56.7 Å². The average Bonchev–Trinajstić information content (AvgIpc) is 2.75. The zero-order valence-electron chi connectivity index (χ0n) is 10.4. The molecule has 1 aromatic heterocycles. The molecule has 2 aromatic rings. The first-order valence-corrected chi connectivity index (χ1v) is 6.48. The van der Waals surface area contributed by atoms with Crippen LogP contribution in [0.3, 0.4) is 0 Å². The molecule has 0 atom stereocenters. The van der Waals surface area contributed by atoms with Crippen LogP contribution in [-0.4, -0.2) is 21.5 Å². The van der Waals surface area contributed by atoms with Gasteiger partial charge in [0, 0.05) is 11.4 Å². The smallest absolute Gasteiger partial charge is 0.0871 e. The van der Waals surface area contributed by atoms with Crippen molar-refractivity contribution >= 4 is 11.6 Å². The van der Waals surface area contributed by atoms with E-state index in [9.17, 15) is 0 Å². The van der Waals surface area contributed by atoms with Crippen LogP contribution in [0.4, 0.5) is 0 Å². The Morgan fingerprint density at radius 2 is 2.00 bits per heavy atom. The van der Waals surface area contributed by atoms with Gasteiger partial charge in [-0.1, -0.05) is 35.9 Å². The first-order valence-electron chi connectivity index (χ1n) is 6.10. The first-order chi connectivity index (χ1) is 8.74. The van der Waals surface area contributed by atoms with Crippen LogP contribution in [0.25, 0.3) is 0 Å². The van der Waals surface area contributed by atoms with Gasteiger partial charge < -0.3 is 5.73 Å². The van der Waals surface area contributed by atoms with Gasteiger partial charge in [0.05, 0.1) is 17.9 Å². The van der Waals surface area contributed by atoms with E-state index in [1.54, 1.807) is 0 Å². The minimum absolute atomic E-state index is 0.604. The molecule has 2 N–H and O–H groups in total. The number of halogens is 1. The summed E-state index contributed by atoms with van der Waals surface area (Å²) in [5.41, 5.74) is 8.91. The highest BCUT2D eigenvalue weighted by Gasteiger charge is 2.10. The molecule has 0 aliphatic heterocycles. The molecule has 0 spiro atoms. The summed E-state index contributed by atoms with van der Waals surface area (Å²) in [7, 11) is 0. The lowest BCUT2D eigenvalue weighted by atomic mass is 10.2. The molecule has 96 valence electrons. The van der Waals surface area contributed by atoms with E-state index in [1.165, 1.54) is 5.56 Å². The third-order valence-corrected chi connectivity index (χ3v) is 3.13. The van der Waals surface area contributed by atoms with Gasteiger partial charge in [0.15, 0.2) is 0 Å². The lowest BCUT2D eigenvalue weighted by molar-refractivity contribution is 0.622. The fourth-order valence-electron chi connectivity index (χ4n) is 1.98. The molecule has 1 heterocycles. The van der Waals surface area contributed by atoms with E-state index < -0.39 is 0 Å². The molecular weight excluding hydrogens is 248 g/mol. The quantitative estimate of drug-likeness (QED) is 0.899. The lowest BCUT2D eigenvalue weighted by Gasteiger charge is -2.06. The third kappa shape index (κ3) is 2.89. The Morgan fingerprint density at radius 3 is 2.61 bits per heavy atom. The molecule has 0 radical (unpaired) electrons. The van der Waals surface area contributed by atoms with Crippen LogP contribution >= 0.6 is 11.6 Å². The Bertz CT molecular complexity index is 504. The highest BCUT2D eigenvalue weighted by Crippen LogP contribution is 2.13. The highest BCUT2D eigenvalue weighted by atomic mass is 35.5. The molecule has 0 bridgehead atoms. The molecule has 18 heavy (non-hydrogen) atoms. The van der Waals surface area contributed by atoms with Crippen LogP contribution in [0.15, 0.2) is 24.3 Å². The molecule has 5 heteroatoms. The van der Waals surface area contributed by atoms with Gasteiger partial charge in [-0.25, -0.2) is 4.68 Å². The number of aromatic nitrogens is 3. The zero-order chi connectivity index (χ0) is 13.0. The highest BCUT2D eigenvalue weighted by molar-refractivity contribution is 6.30. The van der Waals surface area contributed by atoms with E-state index >= 15 is 0 Å². The van der Waals surface area contributed by atoms with Crippen molar-refractivity contribution in [2.45, 2.75) is 26.3 Å². The van der Waals surface area contributed by atoms with Crippen molar-refractivity contribution in [3.63, 3.8) is 0 Å². The van der Waals surface area contributed by atoms with Crippen molar-refractivity contribution in [2.75, 3.05) is 6.54 Å². The molecule has 0 saturated heterocycles. The van der Waals surface area contributed by atoms with Gasteiger partial charge in [-0.15, -0.1) is 5.10 Å². The minimum Gasteiger partial charge on any atom is -0.330 e. The summed E-state index contributed by atoms with van der Waals surface area (Å²) in [5.74, 6) is 0. The van der Waals surface area contributed by atoms with Crippen molar-refractivity contribution in [2.24, 2.45) is 5.73 Å². The van der Waals surface area contributed by atoms with Crippen molar-refractivity contribution < 1.29 is 0 Å². The van der Waals surface area contributed by atoms with E-state index in [4.69, 9.17) is 17.3 Å². The molecule has 0 unspecified atom stereocenters. The Hall–Kier alpha value is -1.39. The molecule has 2 rings (SSSR count). The van der Waals surface area contributed by atoms with Gasteiger partial charge in [-0.05, 0) is 30.7 Å². The van der Waals surface area contributed by atoms with Crippen molar-refractivity contribution in [1.29, 1.82) is 0 Å². The van der Waals surface area contributed by atoms with Crippen LogP contribution in [0.1, 0.15) is 23.9 Å². The van der Waals surface area contributed by atoms with Crippen LogP contribution in [0, 0.1) is 0 Å². The van der Waals surface area contributed by atoms with Crippen LogP contribution < -0.4 is 5.73 Å². The molecule has 0 fully saturated rings. The zero-order valence-corrected chi connectivity index (χ0v) is 11.2. The van der Waals surface area contributed by atoms with Crippen LogP contribution in [0.2, 0.25) is 5.02 Å². The fraction of sp³-hybridized carbons (Fsp3) is 0.385. The maximum atomic E-state index is 5.87. The van der Waals surface area contributed by atoms with Gasteiger partial charge in [-0.2, -0.15) is 0 Å². The molecule has 4 nitrogen and oxygen atoms in total.